The summed E-state index contributed by atoms with van der Waals surface area (Å²) in [5.41, 5.74) is 1.87. The average molecular weight is 222 g/mol. The first-order chi connectivity index (χ1) is 7.51. The molecule has 1 aromatic rings. The van der Waals surface area contributed by atoms with Gasteiger partial charge in [-0.2, -0.15) is 0 Å². The molecule has 0 spiro atoms. The van der Waals surface area contributed by atoms with Gasteiger partial charge in [0.1, 0.15) is 17.3 Å². The molecule has 0 bridgehead atoms. The first-order valence-corrected chi connectivity index (χ1v) is 5.24. The molecule has 1 rings (SSSR count). The van der Waals surface area contributed by atoms with Gasteiger partial charge in [-0.1, -0.05) is 6.92 Å². The van der Waals surface area contributed by atoms with Crippen LogP contribution >= 0.6 is 0 Å². The number of hydrogen-bond acceptors (Lipinski definition) is 3. The van der Waals surface area contributed by atoms with E-state index < -0.39 is 0 Å². The molecule has 0 saturated heterocycles. The molecule has 88 valence electrons. The molecule has 16 heavy (non-hydrogen) atoms. The molecule has 3 heteroatoms. The second-order valence-electron chi connectivity index (χ2n) is 3.90. The van der Waals surface area contributed by atoms with Crippen molar-refractivity contribution in [3.05, 3.63) is 23.3 Å². The lowest BCUT2D eigenvalue weighted by Gasteiger charge is -2.16. The predicted octanol–water partition coefficient (Wildman–Crippen LogP) is 2.70. The molecule has 1 aromatic carbocycles. The molecule has 0 N–H and O–H groups in total. The molecular weight excluding hydrogens is 204 g/mol. The molecule has 0 heterocycles. The third-order valence-electron chi connectivity index (χ3n) is 2.82. The van der Waals surface area contributed by atoms with Gasteiger partial charge in [0, 0.05) is 11.5 Å². The summed E-state index contributed by atoms with van der Waals surface area (Å²) >= 11 is 0. The maximum Gasteiger partial charge on any atom is 0.137 e. The minimum Gasteiger partial charge on any atom is -0.496 e. The Morgan fingerprint density at radius 3 is 2.19 bits per heavy atom. The van der Waals surface area contributed by atoms with Crippen molar-refractivity contribution in [3.63, 3.8) is 0 Å². The van der Waals surface area contributed by atoms with Crippen molar-refractivity contribution in [1.82, 2.24) is 0 Å². The Morgan fingerprint density at radius 2 is 1.75 bits per heavy atom. The van der Waals surface area contributed by atoms with Crippen LogP contribution in [-0.2, 0) is 4.79 Å². The minimum atomic E-state index is -0.176. The van der Waals surface area contributed by atoms with Crippen LogP contribution in [0.2, 0.25) is 0 Å². The fourth-order valence-corrected chi connectivity index (χ4v) is 1.63. The molecular formula is C13H18O3. The summed E-state index contributed by atoms with van der Waals surface area (Å²) in [6.07, 6.45) is 0. The van der Waals surface area contributed by atoms with Crippen molar-refractivity contribution in [2.24, 2.45) is 0 Å². The normalized spacial score (nSPS) is 12.1. The molecule has 0 aromatic heterocycles. The highest BCUT2D eigenvalue weighted by Gasteiger charge is 2.17. The van der Waals surface area contributed by atoms with E-state index in [1.165, 1.54) is 0 Å². The van der Waals surface area contributed by atoms with E-state index in [1.807, 2.05) is 26.0 Å². The number of hydrogen-bond donors (Lipinski definition) is 0. The van der Waals surface area contributed by atoms with Crippen LogP contribution in [0.4, 0.5) is 0 Å². The van der Waals surface area contributed by atoms with Crippen LogP contribution in [0, 0.1) is 6.92 Å². The van der Waals surface area contributed by atoms with E-state index >= 15 is 0 Å². The standard InChI is InChI=1S/C13H18O3/c1-8-6-13(16-5)11(7-12(8)15-4)9(2)10(3)14/h6-7,9H,1-5H3. The van der Waals surface area contributed by atoms with Crippen LogP contribution in [0.1, 0.15) is 30.9 Å². The van der Waals surface area contributed by atoms with Crippen molar-refractivity contribution < 1.29 is 14.3 Å². The lowest BCUT2D eigenvalue weighted by atomic mass is 9.95. The summed E-state index contributed by atoms with van der Waals surface area (Å²) < 4.78 is 10.5. The van der Waals surface area contributed by atoms with E-state index in [0.717, 1.165) is 22.6 Å². The van der Waals surface area contributed by atoms with Gasteiger partial charge < -0.3 is 9.47 Å². The molecule has 1 atom stereocenters. The number of carbonyl (C=O) groups is 1. The first kappa shape index (κ1) is 12.6. The van der Waals surface area contributed by atoms with Gasteiger partial charge in [0.05, 0.1) is 14.2 Å². The second kappa shape index (κ2) is 5.01. The average Bonchev–Trinajstić information content (AvgIpc) is 2.27. The Balaban J connectivity index is 3.29. The Hall–Kier alpha value is -1.51. The zero-order valence-corrected chi connectivity index (χ0v) is 10.5. The topological polar surface area (TPSA) is 35.5 Å². The summed E-state index contributed by atoms with van der Waals surface area (Å²) in [5, 5.41) is 0. The van der Waals surface area contributed by atoms with E-state index in [1.54, 1.807) is 21.1 Å². The van der Waals surface area contributed by atoms with Gasteiger partial charge in [0.2, 0.25) is 0 Å². The Kier molecular flexibility index (Phi) is 3.93. The van der Waals surface area contributed by atoms with Crippen molar-refractivity contribution >= 4 is 5.78 Å². The second-order valence-corrected chi connectivity index (χ2v) is 3.90. The van der Waals surface area contributed by atoms with Gasteiger partial charge in [0.25, 0.3) is 0 Å². The fraction of sp³-hybridized carbons (Fsp3) is 0.462. The number of Topliss-reactive ketones (excluding diaryl/α,β-unsaturated/α-hetero) is 1. The minimum absolute atomic E-state index is 0.115. The van der Waals surface area contributed by atoms with E-state index in [2.05, 4.69) is 0 Å². The Bertz CT molecular complexity index is 396. The lowest BCUT2D eigenvalue weighted by Crippen LogP contribution is -2.07. The Morgan fingerprint density at radius 1 is 1.19 bits per heavy atom. The molecule has 0 aliphatic rings. The number of ketones is 1. The van der Waals surface area contributed by atoms with Gasteiger partial charge in [-0.05, 0) is 31.5 Å². The van der Waals surface area contributed by atoms with Gasteiger partial charge in [-0.3, -0.25) is 4.79 Å². The number of methoxy groups -OCH3 is 2. The maximum absolute atomic E-state index is 11.4. The van der Waals surface area contributed by atoms with E-state index in [0.29, 0.717) is 0 Å². The molecule has 3 nitrogen and oxygen atoms in total. The predicted molar refractivity (Wildman–Crippen MR) is 63.4 cm³/mol. The lowest BCUT2D eigenvalue weighted by molar-refractivity contribution is -0.118. The third kappa shape index (κ3) is 2.35. The molecule has 0 fully saturated rings. The zero-order valence-electron chi connectivity index (χ0n) is 10.5. The molecule has 1 unspecified atom stereocenters. The van der Waals surface area contributed by atoms with E-state index in [9.17, 15) is 4.79 Å². The number of rotatable bonds is 4. The molecule has 0 amide bonds. The fourth-order valence-electron chi connectivity index (χ4n) is 1.63. The van der Waals surface area contributed by atoms with Crippen LogP contribution in [0.5, 0.6) is 11.5 Å². The van der Waals surface area contributed by atoms with Gasteiger partial charge in [-0.25, -0.2) is 0 Å². The van der Waals surface area contributed by atoms with E-state index in [4.69, 9.17) is 9.47 Å². The monoisotopic (exact) mass is 222 g/mol. The van der Waals surface area contributed by atoms with E-state index in [-0.39, 0.29) is 11.7 Å². The van der Waals surface area contributed by atoms with Gasteiger partial charge in [-0.15, -0.1) is 0 Å². The summed E-state index contributed by atoms with van der Waals surface area (Å²) in [7, 11) is 3.23. The van der Waals surface area contributed by atoms with Crippen molar-refractivity contribution in [1.29, 1.82) is 0 Å². The third-order valence-corrected chi connectivity index (χ3v) is 2.82. The summed E-state index contributed by atoms with van der Waals surface area (Å²) in [4.78, 5) is 11.4. The van der Waals surface area contributed by atoms with Crippen molar-refractivity contribution in [2.75, 3.05) is 14.2 Å². The maximum atomic E-state index is 11.4. The summed E-state index contributed by atoms with van der Waals surface area (Å²) in [6, 6.07) is 3.77. The van der Waals surface area contributed by atoms with Crippen molar-refractivity contribution in [2.45, 2.75) is 26.7 Å². The molecule has 0 aliphatic heterocycles. The van der Waals surface area contributed by atoms with Crippen molar-refractivity contribution in [3.8, 4) is 11.5 Å². The number of benzene rings is 1. The quantitative estimate of drug-likeness (QED) is 0.785. The SMILES string of the molecule is COc1cc(C(C)C(C)=O)c(OC)cc1C. The molecule has 0 aliphatic carbocycles. The molecule has 0 radical (unpaired) electrons. The zero-order chi connectivity index (χ0) is 12.3. The van der Waals surface area contributed by atoms with Crippen LogP contribution in [-0.4, -0.2) is 20.0 Å². The van der Waals surface area contributed by atoms with Crippen LogP contribution in [0.15, 0.2) is 12.1 Å². The number of ether oxygens (including phenoxy) is 2. The smallest absolute Gasteiger partial charge is 0.137 e. The number of aryl methyl sites for hydroxylation is 1. The van der Waals surface area contributed by atoms with Gasteiger partial charge in [0.15, 0.2) is 0 Å². The Labute approximate surface area is 96.4 Å². The highest BCUT2D eigenvalue weighted by molar-refractivity contribution is 5.84. The van der Waals surface area contributed by atoms with Gasteiger partial charge >= 0.3 is 0 Å². The molecule has 0 saturated carbocycles. The number of carbonyl (C=O) groups excluding carboxylic acids is 1. The summed E-state index contributed by atoms with van der Waals surface area (Å²) in [5.74, 6) is 1.46. The first-order valence-electron chi connectivity index (χ1n) is 5.24. The van der Waals surface area contributed by atoms with Crippen LogP contribution in [0.3, 0.4) is 0 Å². The highest BCUT2D eigenvalue weighted by Crippen LogP contribution is 2.33. The highest BCUT2D eigenvalue weighted by atomic mass is 16.5. The van der Waals surface area contributed by atoms with Crippen LogP contribution in [0.25, 0.3) is 0 Å². The largest absolute Gasteiger partial charge is 0.496 e. The summed E-state index contributed by atoms with van der Waals surface area (Å²) in [6.45, 7) is 5.40. The van der Waals surface area contributed by atoms with Crippen LogP contribution < -0.4 is 9.47 Å².